The number of benzene rings is 3. The molecule has 0 aliphatic rings. The van der Waals surface area contributed by atoms with E-state index in [1.54, 1.807) is 19.2 Å². The highest BCUT2D eigenvalue weighted by molar-refractivity contribution is 6.00. The molecule has 2 N–H and O–H groups in total. The van der Waals surface area contributed by atoms with Crippen LogP contribution in [0.5, 0.6) is 5.75 Å². The number of hydrogen-bond acceptors (Lipinski definition) is 2. The summed E-state index contributed by atoms with van der Waals surface area (Å²) >= 11 is 0. The molecule has 3 rings (SSSR count). The number of ether oxygens (including phenoxy) is 1. The topological polar surface area (TPSA) is 50.4 Å². The van der Waals surface area contributed by atoms with Crippen LogP contribution in [0.25, 0.3) is 11.1 Å². The summed E-state index contributed by atoms with van der Waals surface area (Å²) in [7, 11) is 1.57. The van der Waals surface area contributed by atoms with Crippen LogP contribution >= 0.6 is 0 Å². The normalized spacial score (nSPS) is 10.0. The summed E-state index contributed by atoms with van der Waals surface area (Å²) in [4.78, 5) is 12.1. The molecule has 0 fully saturated rings. The third-order valence-corrected chi connectivity index (χ3v) is 3.61. The van der Waals surface area contributed by atoms with E-state index in [9.17, 15) is 4.79 Å². The summed E-state index contributed by atoms with van der Waals surface area (Å²) < 4.78 is 5.22. The SMILES string of the molecule is COc1ccccc1NC(=O)Nc1ccc(-c2ccccc2)cc1. The largest absolute Gasteiger partial charge is 0.495 e. The van der Waals surface area contributed by atoms with Gasteiger partial charge in [-0.3, -0.25) is 0 Å². The number of nitrogens with one attached hydrogen (secondary N) is 2. The van der Waals surface area contributed by atoms with E-state index in [1.165, 1.54) is 0 Å². The number of carbonyl (C=O) groups excluding carboxylic acids is 1. The van der Waals surface area contributed by atoms with Crippen molar-refractivity contribution in [1.29, 1.82) is 0 Å². The van der Waals surface area contributed by atoms with Crippen molar-refractivity contribution in [3.63, 3.8) is 0 Å². The van der Waals surface area contributed by atoms with E-state index in [4.69, 9.17) is 4.74 Å². The molecule has 0 heterocycles. The van der Waals surface area contributed by atoms with Crippen LogP contribution in [-0.2, 0) is 0 Å². The van der Waals surface area contributed by atoms with Crippen LogP contribution in [0.2, 0.25) is 0 Å². The summed E-state index contributed by atoms with van der Waals surface area (Å²) in [6, 6.07) is 24.8. The zero-order chi connectivity index (χ0) is 16.8. The standard InChI is InChI=1S/C20H18N2O2/c1-24-19-10-6-5-9-18(19)22-20(23)21-17-13-11-16(12-14-17)15-7-3-2-4-8-15/h2-14H,1H3,(H2,21,22,23). The van der Waals surface area contributed by atoms with Crippen LogP contribution in [0.15, 0.2) is 78.9 Å². The smallest absolute Gasteiger partial charge is 0.323 e. The van der Waals surface area contributed by atoms with Gasteiger partial charge in [-0.05, 0) is 35.4 Å². The van der Waals surface area contributed by atoms with Crippen molar-refractivity contribution < 1.29 is 9.53 Å². The Morgan fingerprint density at radius 2 is 1.38 bits per heavy atom. The Morgan fingerprint density at radius 3 is 2.08 bits per heavy atom. The molecular formula is C20H18N2O2. The van der Waals surface area contributed by atoms with Gasteiger partial charge in [-0.1, -0.05) is 54.6 Å². The number of anilines is 2. The third kappa shape index (κ3) is 3.73. The lowest BCUT2D eigenvalue weighted by Gasteiger charge is -2.11. The zero-order valence-corrected chi connectivity index (χ0v) is 13.3. The predicted octanol–water partition coefficient (Wildman–Crippen LogP) is 5.01. The summed E-state index contributed by atoms with van der Waals surface area (Å²) in [6.07, 6.45) is 0. The lowest BCUT2D eigenvalue weighted by atomic mass is 10.1. The number of amides is 2. The van der Waals surface area contributed by atoms with Gasteiger partial charge in [0.25, 0.3) is 0 Å². The quantitative estimate of drug-likeness (QED) is 0.710. The van der Waals surface area contributed by atoms with Gasteiger partial charge in [-0.15, -0.1) is 0 Å². The molecular weight excluding hydrogens is 300 g/mol. The molecule has 0 spiro atoms. The van der Waals surface area contributed by atoms with Gasteiger partial charge in [-0.2, -0.15) is 0 Å². The number of carbonyl (C=O) groups is 1. The van der Waals surface area contributed by atoms with Gasteiger partial charge in [0.1, 0.15) is 5.75 Å². The molecule has 3 aromatic rings. The second kappa shape index (κ2) is 7.33. The molecule has 4 heteroatoms. The van der Waals surface area contributed by atoms with Gasteiger partial charge in [0.15, 0.2) is 0 Å². The Morgan fingerprint density at radius 1 is 0.750 bits per heavy atom. The fraction of sp³-hybridized carbons (Fsp3) is 0.0500. The van der Waals surface area contributed by atoms with Gasteiger partial charge in [0.2, 0.25) is 0 Å². The molecule has 3 aromatic carbocycles. The summed E-state index contributed by atoms with van der Waals surface area (Å²) in [5.74, 6) is 0.618. The van der Waals surface area contributed by atoms with Gasteiger partial charge < -0.3 is 15.4 Å². The van der Waals surface area contributed by atoms with Crippen LogP contribution in [0.3, 0.4) is 0 Å². The Kier molecular flexibility index (Phi) is 4.77. The number of rotatable bonds is 4. The Labute approximate surface area is 141 Å². The van der Waals surface area contributed by atoms with Gasteiger partial charge in [0.05, 0.1) is 12.8 Å². The molecule has 0 aliphatic heterocycles. The van der Waals surface area contributed by atoms with E-state index >= 15 is 0 Å². The zero-order valence-electron chi connectivity index (χ0n) is 13.3. The van der Waals surface area contributed by atoms with Crippen molar-refractivity contribution in [3.8, 4) is 16.9 Å². The average molecular weight is 318 g/mol. The van der Waals surface area contributed by atoms with E-state index in [1.807, 2.05) is 54.6 Å². The highest BCUT2D eigenvalue weighted by Gasteiger charge is 2.07. The van der Waals surface area contributed by atoms with Gasteiger partial charge in [-0.25, -0.2) is 4.79 Å². The van der Waals surface area contributed by atoms with Gasteiger partial charge in [0, 0.05) is 5.69 Å². The van der Waals surface area contributed by atoms with Gasteiger partial charge >= 0.3 is 6.03 Å². The predicted molar refractivity (Wildman–Crippen MR) is 97.5 cm³/mol. The summed E-state index contributed by atoms with van der Waals surface area (Å²) in [6.45, 7) is 0. The first kappa shape index (κ1) is 15.6. The third-order valence-electron chi connectivity index (χ3n) is 3.61. The monoisotopic (exact) mass is 318 g/mol. The fourth-order valence-electron chi connectivity index (χ4n) is 2.41. The first-order chi connectivity index (χ1) is 11.8. The van der Waals surface area contributed by atoms with Crippen LogP contribution in [0.4, 0.5) is 16.2 Å². The van der Waals surface area contributed by atoms with E-state index in [-0.39, 0.29) is 6.03 Å². The van der Waals surface area contributed by atoms with E-state index in [0.717, 1.165) is 16.8 Å². The maximum atomic E-state index is 12.1. The van der Waals surface area contributed by atoms with Crippen molar-refractivity contribution in [2.24, 2.45) is 0 Å². The first-order valence-corrected chi connectivity index (χ1v) is 7.63. The van der Waals surface area contributed by atoms with Crippen molar-refractivity contribution in [2.45, 2.75) is 0 Å². The molecule has 2 amide bonds. The van der Waals surface area contributed by atoms with Crippen molar-refractivity contribution in [1.82, 2.24) is 0 Å². The Hall–Kier alpha value is -3.27. The minimum Gasteiger partial charge on any atom is -0.495 e. The van der Waals surface area contributed by atoms with E-state index < -0.39 is 0 Å². The highest BCUT2D eigenvalue weighted by atomic mass is 16.5. The maximum absolute atomic E-state index is 12.1. The van der Waals surface area contributed by atoms with E-state index in [0.29, 0.717) is 11.4 Å². The molecule has 0 atom stereocenters. The molecule has 0 unspecified atom stereocenters. The highest BCUT2D eigenvalue weighted by Crippen LogP contribution is 2.24. The van der Waals surface area contributed by atoms with E-state index in [2.05, 4.69) is 22.8 Å². The van der Waals surface area contributed by atoms with Crippen molar-refractivity contribution in [2.75, 3.05) is 17.7 Å². The molecule has 0 saturated heterocycles. The number of hydrogen-bond donors (Lipinski definition) is 2. The number of methoxy groups -OCH3 is 1. The second-order valence-electron chi connectivity index (χ2n) is 5.22. The Bertz CT molecular complexity index is 815. The summed E-state index contributed by atoms with van der Waals surface area (Å²) in [5, 5.41) is 5.60. The minimum absolute atomic E-state index is 0.313. The molecule has 4 nitrogen and oxygen atoms in total. The first-order valence-electron chi connectivity index (χ1n) is 7.63. The van der Waals surface area contributed by atoms with Crippen LogP contribution < -0.4 is 15.4 Å². The molecule has 0 saturated carbocycles. The molecule has 120 valence electrons. The van der Waals surface area contributed by atoms with Crippen molar-refractivity contribution in [3.05, 3.63) is 78.9 Å². The number of urea groups is 1. The van der Waals surface area contributed by atoms with Crippen LogP contribution in [0, 0.1) is 0 Å². The molecule has 24 heavy (non-hydrogen) atoms. The van der Waals surface area contributed by atoms with Crippen molar-refractivity contribution >= 4 is 17.4 Å². The minimum atomic E-state index is -0.313. The lowest BCUT2D eigenvalue weighted by Crippen LogP contribution is -2.19. The Balaban J connectivity index is 1.67. The number of para-hydroxylation sites is 2. The average Bonchev–Trinajstić information content (AvgIpc) is 2.63. The molecule has 0 aliphatic carbocycles. The second-order valence-corrected chi connectivity index (χ2v) is 5.22. The fourth-order valence-corrected chi connectivity index (χ4v) is 2.41. The molecule has 0 radical (unpaired) electrons. The molecule has 0 bridgehead atoms. The maximum Gasteiger partial charge on any atom is 0.323 e. The molecule has 0 aromatic heterocycles. The van der Waals surface area contributed by atoms with Crippen LogP contribution in [0.1, 0.15) is 0 Å². The van der Waals surface area contributed by atoms with Crippen LogP contribution in [-0.4, -0.2) is 13.1 Å². The summed E-state index contributed by atoms with van der Waals surface area (Å²) in [5.41, 5.74) is 3.59. The lowest BCUT2D eigenvalue weighted by molar-refractivity contribution is 0.262.